The number of hydrogen-bond acceptors (Lipinski definition) is 5. The van der Waals surface area contributed by atoms with Crippen molar-refractivity contribution in [1.29, 1.82) is 0 Å². The molecule has 0 saturated carbocycles. The van der Waals surface area contributed by atoms with E-state index in [1.165, 1.54) is 31.6 Å². The summed E-state index contributed by atoms with van der Waals surface area (Å²) in [6, 6.07) is 2.87. The molecule has 1 aromatic rings. The monoisotopic (exact) mass is 343 g/mol. The Labute approximate surface area is 135 Å². The van der Waals surface area contributed by atoms with Gasteiger partial charge in [0.05, 0.1) is 6.54 Å². The molecular formula is C14H21N3O5S. The molecule has 1 rings (SSSR count). The van der Waals surface area contributed by atoms with E-state index in [4.69, 9.17) is 5.11 Å². The zero-order valence-corrected chi connectivity index (χ0v) is 14.2. The molecule has 0 aliphatic rings. The average Bonchev–Trinajstić information content (AvgIpc) is 2.46. The number of aliphatic carboxylic acids is 1. The molecule has 1 heterocycles. The summed E-state index contributed by atoms with van der Waals surface area (Å²) in [5.74, 6) is -1.63. The van der Waals surface area contributed by atoms with Crippen molar-refractivity contribution >= 4 is 21.9 Å². The number of aromatic nitrogens is 1. The van der Waals surface area contributed by atoms with Crippen LogP contribution in [0.25, 0.3) is 0 Å². The highest BCUT2D eigenvalue weighted by Crippen LogP contribution is 2.12. The molecule has 0 bridgehead atoms. The lowest BCUT2D eigenvalue weighted by atomic mass is 10.2. The Bertz CT molecular complexity index is 646. The Balaban J connectivity index is 2.86. The SMILES string of the molecule is CC(C)CN(CC(=O)O)C(=O)CN(C)S(=O)(=O)c1cccnc1. The summed E-state index contributed by atoms with van der Waals surface area (Å²) in [4.78, 5) is 28.0. The Morgan fingerprint density at radius 1 is 1.30 bits per heavy atom. The molecule has 0 fully saturated rings. The van der Waals surface area contributed by atoms with Gasteiger partial charge in [-0.2, -0.15) is 4.31 Å². The predicted molar refractivity (Wildman–Crippen MR) is 83.1 cm³/mol. The normalized spacial score (nSPS) is 11.7. The van der Waals surface area contributed by atoms with Gasteiger partial charge in [-0.15, -0.1) is 0 Å². The number of carboxylic acid groups (broad SMARTS) is 1. The molecule has 0 aromatic carbocycles. The molecule has 1 aromatic heterocycles. The second kappa shape index (κ2) is 8.02. The number of nitrogens with zero attached hydrogens (tertiary/aromatic N) is 3. The quantitative estimate of drug-likeness (QED) is 0.726. The van der Waals surface area contributed by atoms with Crippen LogP contribution in [0.4, 0.5) is 0 Å². The van der Waals surface area contributed by atoms with Gasteiger partial charge in [-0.25, -0.2) is 8.42 Å². The first-order valence-electron chi connectivity index (χ1n) is 7.00. The second-order valence-corrected chi connectivity index (χ2v) is 7.56. The number of pyridine rings is 1. The smallest absolute Gasteiger partial charge is 0.323 e. The first kappa shape index (κ1) is 19.0. The fourth-order valence-corrected chi connectivity index (χ4v) is 3.00. The van der Waals surface area contributed by atoms with E-state index in [1.54, 1.807) is 0 Å². The van der Waals surface area contributed by atoms with E-state index in [0.717, 1.165) is 9.21 Å². The summed E-state index contributed by atoms with van der Waals surface area (Å²) < 4.78 is 25.6. The van der Waals surface area contributed by atoms with Crippen LogP contribution in [0.2, 0.25) is 0 Å². The molecule has 0 saturated heterocycles. The zero-order chi connectivity index (χ0) is 17.6. The molecule has 0 aliphatic heterocycles. The Morgan fingerprint density at radius 2 is 1.96 bits per heavy atom. The minimum atomic E-state index is -3.85. The second-order valence-electron chi connectivity index (χ2n) is 5.51. The van der Waals surface area contributed by atoms with E-state index < -0.39 is 35.0 Å². The van der Waals surface area contributed by atoms with Crippen LogP contribution in [0.1, 0.15) is 13.8 Å². The molecule has 8 nitrogen and oxygen atoms in total. The number of hydrogen-bond donors (Lipinski definition) is 1. The third-order valence-corrected chi connectivity index (χ3v) is 4.75. The minimum Gasteiger partial charge on any atom is -0.480 e. The highest BCUT2D eigenvalue weighted by Gasteiger charge is 2.26. The molecule has 1 N–H and O–H groups in total. The largest absolute Gasteiger partial charge is 0.480 e. The van der Waals surface area contributed by atoms with Crippen molar-refractivity contribution in [1.82, 2.24) is 14.2 Å². The molecular weight excluding hydrogens is 322 g/mol. The van der Waals surface area contributed by atoms with Crippen LogP contribution in [0.3, 0.4) is 0 Å². The number of amides is 1. The summed E-state index contributed by atoms with van der Waals surface area (Å²) in [6.07, 6.45) is 2.64. The maximum Gasteiger partial charge on any atom is 0.323 e. The third kappa shape index (κ3) is 5.61. The number of rotatable bonds is 8. The van der Waals surface area contributed by atoms with Gasteiger partial charge in [0, 0.05) is 26.0 Å². The van der Waals surface area contributed by atoms with E-state index >= 15 is 0 Å². The van der Waals surface area contributed by atoms with Gasteiger partial charge in [0.25, 0.3) is 0 Å². The number of carbonyl (C=O) groups excluding carboxylic acids is 1. The maximum absolute atomic E-state index is 12.3. The average molecular weight is 343 g/mol. The number of carbonyl (C=O) groups is 2. The van der Waals surface area contributed by atoms with Crippen molar-refractivity contribution in [2.75, 3.05) is 26.7 Å². The van der Waals surface area contributed by atoms with Crippen LogP contribution in [0, 0.1) is 5.92 Å². The summed E-state index contributed by atoms with van der Waals surface area (Å²) in [5, 5.41) is 8.88. The summed E-state index contributed by atoms with van der Waals surface area (Å²) in [5.41, 5.74) is 0. The highest BCUT2D eigenvalue weighted by atomic mass is 32.2. The Morgan fingerprint density at radius 3 is 2.43 bits per heavy atom. The standard InChI is InChI=1S/C14H21N3O5S/c1-11(2)8-17(10-14(19)20)13(18)9-16(3)23(21,22)12-5-4-6-15-7-12/h4-7,11H,8-10H2,1-3H3,(H,19,20). The van der Waals surface area contributed by atoms with Gasteiger partial charge in [0.15, 0.2) is 0 Å². The van der Waals surface area contributed by atoms with Gasteiger partial charge < -0.3 is 10.0 Å². The van der Waals surface area contributed by atoms with Crippen molar-refractivity contribution in [2.45, 2.75) is 18.7 Å². The minimum absolute atomic E-state index is 0.0241. The molecule has 0 unspecified atom stereocenters. The van der Waals surface area contributed by atoms with Crippen molar-refractivity contribution in [2.24, 2.45) is 5.92 Å². The maximum atomic E-state index is 12.3. The van der Waals surface area contributed by atoms with Gasteiger partial charge in [-0.05, 0) is 18.1 Å². The number of carboxylic acids is 1. The lowest BCUT2D eigenvalue weighted by Gasteiger charge is -2.25. The molecule has 0 aliphatic carbocycles. The zero-order valence-electron chi connectivity index (χ0n) is 13.3. The molecule has 23 heavy (non-hydrogen) atoms. The molecule has 9 heteroatoms. The van der Waals surface area contributed by atoms with Crippen molar-refractivity contribution in [3.05, 3.63) is 24.5 Å². The fourth-order valence-electron chi connectivity index (χ4n) is 1.91. The fraction of sp³-hybridized carbons (Fsp3) is 0.500. The lowest BCUT2D eigenvalue weighted by Crippen LogP contribution is -2.44. The summed E-state index contributed by atoms with van der Waals surface area (Å²) >= 11 is 0. The van der Waals surface area contributed by atoms with E-state index in [-0.39, 0.29) is 17.4 Å². The van der Waals surface area contributed by atoms with E-state index in [9.17, 15) is 18.0 Å². The van der Waals surface area contributed by atoms with Crippen molar-refractivity contribution in [3.63, 3.8) is 0 Å². The Kier molecular flexibility index (Phi) is 6.64. The third-order valence-electron chi connectivity index (χ3n) is 2.96. The molecule has 0 atom stereocenters. The van der Waals surface area contributed by atoms with Crippen LogP contribution in [0.5, 0.6) is 0 Å². The van der Waals surface area contributed by atoms with E-state index in [1.807, 2.05) is 13.8 Å². The number of likely N-dealkylation sites (N-methyl/N-ethyl adjacent to an activating group) is 1. The highest BCUT2D eigenvalue weighted by molar-refractivity contribution is 7.89. The van der Waals surface area contributed by atoms with Crippen LogP contribution in [-0.4, -0.2) is 66.3 Å². The van der Waals surface area contributed by atoms with Crippen LogP contribution in [0.15, 0.2) is 29.4 Å². The van der Waals surface area contributed by atoms with Crippen LogP contribution < -0.4 is 0 Å². The van der Waals surface area contributed by atoms with E-state index in [2.05, 4.69) is 4.98 Å². The number of sulfonamides is 1. The Hall–Kier alpha value is -2.00. The topological polar surface area (TPSA) is 108 Å². The van der Waals surface area contributed by atoms with Crippen LogP contribution >= 0.6 is 0 Å². The predicted octanol–water partition coefficient (Wildman–Crippen LogP) is 0.271. The summed E-state index contributed by atoms with van der Waals surface area (Å²) in [7, 11) is -2.58. The van der Waals surface area contributed by atoms with Crippen molar-refractivity contribution < 1.29 is 23.1 Å². The van der Waals surface area contributed by atoms with Gasteiger partial charge in [-0.3, -0.25) is 14.6 Å². The van der Waals surface area contributed by atoms with Gasteiger partial charge in [0.1, 0.15) is 11.4 Å². The van der Waals surface area contributed by atoms with Gasteiger partial charge in [0.2, 0.25) is 15.9 Å². The molecule has 0 radical (unpaired) electrons. The van der Waals surface area contributed by atoms with Crippen LogP contribution in [-0.2, 0) is 19.6 Å². The first-order valence-corrected chi connectivity index (χ1v) is 8.44. The van der Waals surface area contributed by atoms with Crippen molar-refractivity contribution in [3.8, 4) is 0 Å². The molecule has 0 spiro atoms. The van der Waals surface area contributed by atoms with E-state index in [0.29, 0.717) is 0 Å². The molecule has 128 valence electrons. The molecule has 1 amide bonds. The van der Waals surface area contributed by atoms with Gasteiger partial charge in [-0.1, -0.05) is 13.8 Å². The van der Waals surface area contributed by atoms with Gasteiger partial charge >= 0.3 is 5.97 Å². The lowest BCUT2D eigenvalue weighted by molar-refractivity contribution is -0.144. The first-order chi connectivity index (χ1) is 10.6. The summed E-state index contributed by atoms with van der Waals surface area (Å²) in [6.45, 7) is 3.04.